The van der Waals surface area contributed by atoms with Crippen LogP contribution in [0.4, 0.5) is 0 Å². The number of hydrogen-bond acceptors (Lipinski definition) is 0. The molecule has 0 heterocycles. The molecule has 0 amide bonds. The molecule has 2 fully saturated rings. The van der Waals surface area contributed by atoms with Crippen molar-refractivity contribution in [2.75, 3.05) is 0 Å². The predicted molar refractivity (Wildman–Crippen MR) is 99.6 cm³/mol. The van der Waals surface area contributed by atoms with Crippen molar-refractivity contribution in [2.24, 2.45) is 23.7 Å². The third kappa shape index (κ3) is 6.24. The van der Waals surface area contributed by atoms with Gasteiger partial charge in [0.1, 0.15) is 0 Å². The Kier molecular flexibility index (Phi) is 8.48. The van der Waals surface area contributed by atoms with E-state index in [-0.39, 0.29) is 32.7 Å². The standard InChI is InChI=1S/C23H35.Y/c1-17-4-6-20(7-5-17)15-21-8-10-22(11-9-21)16-23-13-18(2)12-19(3)14-23;/h13-14,17,20-22H,4-11,15-16H2,1-3H3;/q-1;+3. The number of hydrogen-bond donors (Lipinski definition) is 0. The molecule has 0 aromatic heterocycles. The summed E-state index contributed by atoms with van der Waals surface area (Å²) in [4.78, 5) is 0. The maximum absolute atomic E-state index is 3.40. The van der Waals surface area contributed by atoms with Gasteiger partial charge in [0.05, 0.1) is 0 Å². The second kappa shape index (κ2) is 9.87. The zero-order chi connectivity index (χ0) is 16.2. The Morgan fingerprint density at radius 3 is 1.79 bits per heavy atom. The van der Waals surface area contributed by atoms with Crippen LogP contribution in [-0.2, 0) is 39.1 Å². The van der Waals surface area contributed by atoms with E-state index in [4.69, 9.17) is 0 Å². The molecule has 2 aliphatic rings. The largest absolute Gasteiger partial charge is 3.00 e. The van der Waals surface area contributed by atoms with Crippen LogP contribution >= 0.6 is 0 Å². The summed E-state index contributed by atoms with van der Waals surface area (Å²) in [6.45, 7) is 6.79. The summed E-state index contributed by atoms with van der Waals surface area (Å²) in [5.41, 5.74) is 4.16. The van der Waals surface area contributed by atoms with Crippen LogP contribution in [0.3, 0.4) is 0 Å². The predicted octanol–water partition coefficient (Wildman–Crippen LogP) is 6.67. The summed E-state index contributed by atoms with van der Waals surface area (Å²) in [5, 5.41) is 0. The molecule has 3 rings (SSSR count). The normalized spacial score (nSPS) is 30.6. The Hall–Kier alpha value is 0.324. The van der Waals surface area contributed by atoms with Gasteiger partial charge in [-0.05, 0) is 49.4 Å². The first-order valence-electron chi connectivity index (χ1n) is 10.1. The zero-order valence-corrected chi connectivity index (χ0v) is 19.0. The van der Waals surface area contributed by atoms with Gasteiger partial charge in [0.25, 0.3) is 0 Å². The molecule has 128 valence electrons. The Morgan fingerprint density at radius 2 is 1.25 bits per heavy atom. The van der Waals surface area contributed by atoms with Crippen LogP contribution in [0.5, 0.6) is 0 Å². The molecule has 0 radical (unpaired) electrons. The smallest absolute Gasteiger partial charge is 0.177 e. The van der Waals surface area contributed by atoms with Crippen LogP contribution in [-0.4, -0.2) is 0 Å². The van der Waals surface area contributed by atoms with Crippen LogP contribution in [0.2, 0.25) is 0 Å². The second-order valence-electron chi connectivity index (χ2n) is 8.81. The van der Waals surface area contributed by atoms with Gasteiger partial charge in [0.15, 0.2) is 0 Å². The molecule has 0 atom stereocenters. The summed E-state index contributed by atoms with van der Waals surface area (Å²) in [7, 11) is 0. The minimum atomic E-state index is 0. The molecule has 0 N–H and O–H groups in total. The zero-order valence-electron chi connectivity index (χ0n) is 16.1. The number of aryl methyl sites for hydroxylation is 2. The van der Waals surface area contributed by atoms with Crippen molar-refractivity contribution in [2.45, 2.75) is 85.0 Å². The van der Waals surface area contributed by atoms with Gasteiger partial charge < -0.3 is 0 Å². The van der Waals surface area contributed by atoms with Gasteiger partial charge in [0.2, 0.25) is 0 Å². The number of rotatable bonds is 4. The maximum atomic E-state index is 3.40. The van der Waals surface area contributed by atoms with Crippen LogP contribution in [0.25, 0.3) is 0 Å². The van der Waals surface area contributed by atoms with Crippen LogP contribution in [0, 0.1) is 43.6 Å². The van der Waals surface area contributed by atoms with Gasteiger partial charge in [-0.15, -0.1) is 0 Å². The summed E-state index contributed by atoms with van der Waals surface area (Å²) >= 11 is 0. The van der Waals surface area contributed by atoms with Gasteiger partial charge in [-0.1, -0.05) is 59.3 Å². The fourth-order valence-electron chi connectivity index (χ4n) is 5.14. The Bertz CT molecular complexity index is 471. The third-order valence-electron chi connectivity index (χ3n) is 6.49. The van der Waals surface area contributed by atoms with Gasteiger partial charge >= 0.3 is 32.7 Å². The fourth-order valence-corrected chi connectivity index (χ4v) is 5.14. The molecule has 0 unspecified atom stereocenters. The van der Waals surface area contributed by atoms with E-state index in [0.717, 1.165) is 23.7 Å². The summed E-state index contributed by atoms with van der Waals surface area (Å²) in [6, 6.07) is 8.10. The van der Waals surface area contributed by atoms with Crippen molar-refractivity contribution in [3.63, 3.8) is 0 Å². The molecule has 2 aliphatic carbocycles. The second-order valence-corrected chi connectivity index (χ2v) is 8.81. The van der Waals surface area contributed by atoms with Crippen molar-refractivity contribution in [1.82, 2.24) is 0 Å². The van der Waals surface area contributed by atoms with Crippen LogP contribution in [0.1, 0.15) is 81.4 Å². The SMILES string of the molecule is Cc1[c-]c(C)cc(CC2CCC(CC3CCC(C)CC3)CC2)c1.[Y+3]. The van der Waals surface area contributed by atoms with Crippen molar-refractivity contribution < 1.29 is 32.7 Å². The van der Waals surface area contributed by atoms with E-state index in [1.54, 1.807) is 5.56 Å². The first kappa shape index (κ1) is 20.6. The van der Waals surface area contributed by atoms with E-state index in [1.807, 2.05) is 0 Å². The van der Waals surface area contributed by atoms with Crippen LogP contribution < -0.4 is 0 Å². The molecular weight excluding hydrogens is 365 g/mol. The summed E-state index contributed by atoms with van der Waals surface area (Å²) in [6.07, 6.45) is 14.8. The Balaban J connectivity index is 0.00000208. The molecule has 2 saturated carbocycles. The molecule has 0 spiro atoms. The van der Waals surface area contributed by atoms with E-state index in [1.165, 1.54) is 75.3 Å². The minimum Gasteiger partial charge on any atom is -0.177 e. The van der Waals surface area contributed by atoms with E-state index in [2.05, 4.69) is 39.0 Å². The van der Waals surface area contributed by atoms with E-state index < -0.39 is 0 Å². The molecule has 0 bridgehead atoms. The minimum absolute atomic E-state index is 0. The van der Waals surface area contributed by atoms with Gasteiger partial charge in [-0.2, -0.15) is 34.9 Å². The first-order chi connectivity index (χ1) is 11.1. The van der Waals surface area contributed by atoms with Crippen molar-refractivity contribution in [1.29, 1.82) is 0 Å². The Morgan fingerprint density at radius 1 is 0.792 bits per heavy atom. The van der Waals surface area contributed by atoms with Crippen molar-refractivity contribution in [3.05, 3.63) is 34.9 Å². The molecule has 1 aromatic rings. The quantitative estimate of drug-likeness (QED) is 0.496. The van der Waals surface area contributed by atoms with Gasteiger partial charge in [0, 0.05) is 0 Å². The third-order valence-corrected chi connectivity index (χ3v) is 6.49. The van der Waals surface area contributed by atoms with Gasteiger partial charge in [-0.25, -0.2) is 0 Å². The summed E-state index contributed by atoms with van der Waals surface area (Å²) < 4.78 is 0. The molecule has 0 aliphatic heterocycles. The number of benzene rings is 1. The summed E-state index contributed by atoms with van der Waals surface area (Å²) in [5.74, 6) is 4.02. The monoisotopic (exact) mass is 400 g/mol. The molecular formula is C23H35Y+2. The van der Waals surface area contributed by atoms with Gasteiger partial charge in [-0.3, -0.25) is 0 Å². The Labute approximate surface area is 175 Å². The molecule has 1 heteroatoms. The van der Waals surface area contributed by atoms with E-state index in [0.29, 0.717) is 0 Å². The van der Waals surface area contributed by atoms with E-state index in [9.17, 15) is 0 Å². The van der Waals surface area contributed by atoms with Crippen LogP contribution in [0.15, 0.2) is 12.1 Å². The van der Waals surface area contributed by atoms with E-state index >= 15 is 0 Å². The molecule has 1 aromatic carbocycles. The average Bonchev–Trinajstić information content (AvgIpc) is 2.50. The first-order valence-corrected chi connectivity index (χ1v) is 10.1. The van der Waals surface area contributed by atoms with Crippen molar-refractivity contribution >= 4 is 0 Å². The average molecular weight is 400 g/mol. The van der Waals surface area contributed by atoms with Crippen molar-refractivity contribution in [3.8, 4) is 0 Å². The maximum Gasteiger partial charge on any atom is 3.00 e. The molecule has 0 nitrogen and oxygen atoms in total. The molecule has 0 saturated heterocycles. The fraction of sp³-hybridized carbons (Fsp3) is 0.739. The molecule has 24 heavy (non-hydrogen) atoms. The topological polar surface area (TPSA) is 0 Å².